The fraction of sp³-hybridized carbons (Fsp3) is 0.389. The minimum Gasteiger partial charge on any atom is -0.351 e. The summed E-state index contributed by atoms with van der Waals surface area (Å²) < 4.78 is 39.8. The molecule has 11 heteroatoms. The Bertz CT molecular complexity index is 1080. The van der Waals surface area contributed by atoms with Gasteiger partial charge in [0, 0.05) is 19.3 Å². The summed E-state index contributed by atoms with van der Waals surface area (Å²) in [5, 5.41) is 12.6. The second kappa shape index (κ2) is 6.13. The van der Waals surface area contributed by atoms with Gasteiger partial charge in [-0.3, -0.25) is 9.78 Å². The van der Waals surface area contributed by atoms with Crippen molar-refractivity contribution in [2.75, 3.05) is 18.0 Å². The van der Waals surface area contributed by atoms with Crippen molar-refractivity contribution in [2.24, 2.45) is 0 Å². The fourth-order valence-corrected chi connectivity index (χ4v) is 4.00. The topological polar surface area (TPSA) is 79.5 Å². The summed E-state index contributed by atoms with van der Waals surface area (Å²) >= 11 is 0. The molecular formula is C18H16F3N7O. The maximum absolute atomic E-state index is 12.8. The van der Waals surface area contributed by atoms with Crippen LogP contribution in [0.15, 0.2) is 30.5 Å². The van der Waals surface area contributed by atoms with Gasteiger partial charge < -0.3 is 9.80 Å². The Morgan fingerprint density at radius 2 is 1.86 bits per heavy atom. The van der Waals surface area contributed by atoms with E-state index in [1.165, 1.54) is 0 Å². The van der Waals surface area contributed by atoms with Gasteiger partial charge in [-0.05, 0) is 37.6 Å². The third kappa shape index (κ3) is 2.88. The molecule has 0 saturated carbocycles. The summed E-state index contributed by atoms with van der Waals surface area (Å²) in [6, 6.07) is 5.70. The van der Waals surface area contributed by atoms with Gasteiger partial charge in [-0.1, -0.05) is 0 Å². The summed E-state index contributed by atoms with van der Waals surface area (Å²) in [4.78, 5) is 20.3. The van der Waals surface area contributed by atoms with Gasteiger partial charge in [-0.15, -0.1) is 15.3 Å². The maximum Gasteiger partial charge on any atom is 0.417 e. The number of carbonyl (C=O) groups is 1. The van der Waals surface area contributed by atoms with Gasteiger partial charge >= 0.3 is 6.18 Å². The number of aryl methyl sites for hydroxylation is 1. The lowest BCUT2D eigenvalue weighted by molar-refractivity contribution is -0.137. The third-order valence-electron chi connectivity index (χ3n) is 5.47. The molecule has 6 heterocycles. The number of hydrogen-bond donors (Lipinski definition) is 0. The zero-order valence-electron chi connectivity index (χ0n) is 15.3. The van der Waals surface area contributed by atoms with E-state index in [0.29, 0.717) is 30.8 Å². The normalized spacial score (nSPS) is 21.4. The number of rotatable bonds is 2. The molecule has 2 unspecified atom stereocenters. The molecule has 0 radical (unpaired) electrons. The van der Waals surface area contributed by atoms with E-state index in [1.807, 2.05) is 19.1 Å². The molecular weight excluding hydrogens is 387 g/mol. The molecule has 1 amide bonds. The van der Waals surface area contributed by atoms with Gasteiger partial charge in [0.15, 0.2) is 11.5 Å². The maximum atomic E-state index is 12.8. The molecule has 0 N–H and O–H groups in total. The highest BCUT2D eigenvalue weighted by Gasteiger charge is 2.48. The van der Waals surface area contributed by atoms with Crippen LogP contribution in [0.4, 0.5) is 19.0 Å². The monoisotopic (exact) mass is 403 g/mol. The van der Waals surface area contributed by atoms with E-state index < -0.39 is 11.7 Å². The van der Waals surface area contributed by atoms with Crippen molar-refractivity contribution < 1.29 is 18.0 Å². The molecule has 6 rings (SSSR count). The van der Waals surface area contributed by atoms with Gasteiger partial charge in [0.1, 0.15) is 11.5 Å². The lowest BCUT2D eigenvalue weighted by Gasteiger charge is -2.56. The van der Waals surface area contributed by atoms with E-state index >= 15 is 0 Å². The SMILES string of the molecule is Cc1nnc2ccc(N3CC4CC(C3)N4C(=O)c3ccc(C(F)(F)F)cn3)nn12. The second-order valence-electron chi connectivity index (χ2n) is 7.30. The van der Waals surface area contributed by atoms with Gasteiger partial charge in [0.05, 0.1) is 17.6 Å². The first-order valence-electron chi connectivity index (χ1n) is 9.11. The van der Waals surface area contributed by atoms with E-state index in [1.54, 1.807) is 9.42 Å². The Kier molecular flexibility index (Phi) is 3.77. The second-order valence-corrected chi connectivity index (χ2v) is 7.30. The molecule has 2 bridgehead atoms. The number of amides is 1. The highest BCUT2D eigenvalue weighted by molar-refractivity contribution is 5.93. The summed E-state index contributed by atoms with van der Waals surface area (Å²) in [5.41, 5.74) is -0.172. The summed E-state index contributed by atoms with van der Waals surface area (Å²) in [5.74, 6) is 1.13. The van der Waals surface area contributed by atoms with Crippen LogP contribution in [0.3, 0.4) is 0 Å². The molecule has 3 aromatic heterocycles. The molecule has 3 aliphatic rings. The van der Waals surface area contributed by atoms with Crippen molar-refractivity contribution in [3.05, 3.63) is 47.5 Å². The Morgan fingerprint density at radius 1 is 1.10 bits per heavy atom. The van der Waals surface area contributed by atoms with Crippen molar-refractivity contribution in [1.82, 2.24) is 29.7 Å². The van der Waals surface area contributed by atoms with Crippen LogP contribution in [-0.4, -0.2) is 60.8 Å². The number of alkyl halides is 3. The number of nitrogens with zero attached hydrogens (tertiary/aromatic N) is 7. The van der Waals surface area contributed by atoms with Crippen molar-refractivity contribution in [3.63, 3.8) is 0 Å². The van der Waals surface area contributed by atoms with Crippen LogP contribution in [0.5, 0.6) is 0 Å². The third-order valence-corrected chi connectivity index (χ3v) is 5.47. The molecule has 29 heavy (non-hydrogen) atoms. The smallest absolute Gasteiger partial charge is 0.351 e. The van der Waals surface area contributed by atoms with E-state index in [-0.39, 0.29) is 23.7 Å². The molecule has 0 aromatic carbocycles. The van der Waals surface area contributed by atoms with Gasteiger partial charge in [-0.25, -0.2) is 0 Å². The van der Waals surface area contributed by atoms with Crippen LogP contribution in [0, 0.1) is 6.92 Å². The van der Waals surface area contributed by atoms with Crippen molar-refractivity contribution in [1.29, 1.82) is 0 Å². The molecule has 3 aromatic rings. The highest BCUT2D eigenvalue weighted by atomic mass is 19.4. The minimum atomic E-state index is -4.47. The number of pyridine rings is 1. The standard InChI is InChI=1S/C18H16F3N7O/c1-10-23-24-15-4-5-16(25-28(10)15)26-8-12-6-13(9-26)27(12)17(29)14-3-2-11(7-22-14)18(19,20)21/h2-5,7,12-13H,6,8-9H2,1H3. The highest BCUT2D eigenvalue weighted by Crippen LogP contribution is 2.35. The molecule has 3 fully saturated rings. The number of halogens is 3. The van der Waals surface area contributed by atoms with Crippen molar-refractivity contribution >= 4 is 17.4 Å². The quantitative estimate of drug-likeness (QED) is 0.651. The van der Waals surface area contributed by atoms with Crippen molar-refractivity contribution in [2.45, 2.75) is 31.6 Å². The summed E-state index contributed by atoms with van der Waals surface area (Å²) in [6.45, 7) is 3.02. The number of carbonyl (C=O) groups excluding carboxylic acids is 1. The Morgan fingerprint density at radius 3 is 2.52 bits per heavy atom. The summed E-state index contributed by atoms with van der Waals surface area (Å²) in [7, 11) is 0. The van der Waals surface area contributed by atoms with Gasteiger partial charge in [-0.2, -0.15) is 17.7 Å². The molecule has 150 valence electrons. The summed E-state index contributed by atoms with van der Waals surface area (Å²) in [6.07, 6.45) is -2.91. The van der Waals surface area contributed by atoms with Crippen LogP contribution < -0.4 is 4.90 Å². The minimum absolute atomic E-state index is 0.0233. The first-order chi connectivity index (χ1) is 13.8. The Hall–Kier alpha value is -3.24. The number of aromatic nitrogens is 5. The molecule has 8 nitrogen and oxygen atoms in total. The van der Waals surface area contributed by atoms with E-state index in [9.17, 15) is 18.0 Å². The molecule has 0 spiro atoms. The molecule has 3 saturated heterocycles. The predicted molar refractivity (Wildman–Crippen MR) is 95.3 cm³/mol. The van der Waals surface area contributed by atoms with Crippen LogP contribution in [0.2, 0.25) is 0 Å². The van der Waals surface area contributed by atoms with Crippen LogP contribution >= 0.6 is 0 Å². The first-order valence-corrected chi connectivity index (χ1v) is 9.11. The van der Waals surface area contributed by atoms with Crippen LogP contribution in [0.25, 0.3) is 5.65 Å². The van der Waals surface area contributed by atoms with E-state index in [4.69, 9.17) is 0 Å². The number of piperazine rings is 1. The number of piperidine rings is 1. The zero-order chi connectivity index (χ0) is 20.3. The average Bonchev–Trinajstić information content (AvgIpc) is 3.08. The van der Waals surface area contributed by atoms with Crippen LogP contribution in [0.1, 0.15) is 28.3 Å². The molecule has 2 atom stereocenters. The van der Waals surface area contributed by atoms with Crippen molar-refractivity contribution in [3.8, 4) is 0 Å². The zero-order valence-corrected chi connectivity index (χ0v) is 15.3. The van der Waals surface area contributed by atoms with Crippen LogP contribution in [-0.2, 0) is 6.18 Å². The number of fused-ring (bicyclic) bond motifs is 3. The number of hydrogen-bond acceptors (Lipinski definition) is 6. The molecule has 0 aliphatic carbocycles. The van der Waals surface area contributed by atoms with E-state index in [2.05, 4.69) is 25.2 Å². The van der Waals surface area contributed by atoms with Gasteiger partial charge in [0.2, 0.25) is 0 Å². The lowest BCUT2D eigenvalue weighted by Crippen LogP contribution is -2.70. The largest absolute Gasteiger partial charge is 0.417 e. The Labute approximate surface area is 163 Å². The lowest BCUT2D eigenvalue weighted by atomic mass is 9.87. The average molecular weight is 403 g/mol. The fourth-order valence-electron chi connectivity index (χ4n) is 4.00. The van der Waals surface area contributed by atoms with E-state index in [0.717, 1.165) is 24.4 Å². The number of anilines is 1. The first kappa shape index (κ1) is 17.8. The Balaban J connectivity index is 1.32. The predicted octanol–water partition coefficient (Wildman–Crippen LogP) is 1.95. The van der Waals surface area contributed by atoms with Gasteiger partial charge in [0.25, 0.3) is 5.91 Å². The molecule has 3 aliphatic heterocycles.